The van der Waals surface area contributed by atoms with Crippen LogP contribution in [-0.2, 0) is 23.9 Å². The molecule has 1 saturated heterocycles. The summed E-state index contributed by atoms with van der Waals surface area (Å²) >= 11 is 0. The van der Waals surface area contributed by atoms with Gasteiger partial charge in [0.05, 0.1) is 0 Å². The van der Waals surface area contributed by atoms with Crippen molar-refractivity contribution in [3.05, 3.63) is 11.8 Å². The van der Waals surface area contributed by atoms with Gasteiger partial charge in [-0.25, -0.2) is 14.4 Å². The number of esters is 2. The van der Waals surface area contributed by atoms with Crippen molar-refractivity contribution in [2.24, 2.45) is 5.92 Å². The van der Waals surface area contributed by atoms with E-state index in [0.717, 1.165) is 6.20 Å². The number of carbonyl (C=O) groups is 3. The lowest BCUT2D eigenvalue weighted by molar-refractivity contribution is -0.222. The van der Waals surface area contributed by atoms with Crippen molar-refractivity contribution >= 4 is 17.9 Å². The highest BCUT2D eigenvalue weighted by molar-refractivity contribution is 6.15. The molecule has 0 radical (unpaired) electrons. The van der Waals surface area contributed by atoms with Crippen LogP contribution in [0.15, 0.2) is 11.8 Å². The van der Waals surface area contributed by atoms with Gasteiger partial charge in [0, 0.05) is 20.0 Å². The number of cyclic esters (lactones) is 2. The van der Waals surface area contributed by atoms with E-state index in [0.29, 0.717) is 6.42 Å². The number of carbonyl (C=O) groups excluding carboxylic acids is 2. The quantitative estimate of drug-likeness (QED) is 0.437. The number of aliphatic carboxylic acids is 1. The lowest BCUT2D eigenvalue weighted by Crippen LogP contribution is -2.43. The van der Waals surface area contributed by atoms with Crippen molar-refractivity contribution in [2.45, 2.75) is 45.9 Å². The normalized spacial score (nSPS) is 19.1. The third-order valence-electron chi connectivity index (χ3n) is 2.55. The Hall–Kier alpha value is -2.05. The van der Waals surface area contributed by atoms with Crippen molar-refractivity contribution in [1.82, 2.24) is 5.32 Å². The highest BCUT2D eigenvalue weighted by atomic mass is 16.7. The molecule has 2 N–H and O–H groups in total. The third-order valence-corrected chi connectivity index (χ3v) is 2.55. The van der Waals surface area contributed by atoms with Crippen molar-refractivity contribution in [3.63, 3.8) is 0 Å². The SMILES string of the molecule is CC(C)C[C@@H](NC=C1C(=O)OC(C)(C)OC1=O)C(=O)O. The van der Waals surface area contributed by atoms with Gasteiger partial charge in [0.25, 0.3) is 5.79 Å². The maximum absolute atomic E-state index is 11.6. The second-order valence-corrected chi connectivity index (χ2v) is 5.42. The maximum atomic E-state index is 11.6. The first-order valence-electron chi connectivity index (χ1n) is 6.28. The molecule has 1 atom stereocenters. The Kier molecular flexibility index (Phi) is 4.75. The lowest BCUT2D eigenvalue weighted by atomic mass is 10.0. The Morgan fingerprint density at radius 3 is 2.20 bits per heavy atom. The van der Waals surface area contributed by atoms with Crippen LogP contribution in [0.25, 0.3) is 0 Å². The molecular weight excluding hydrogens is 266 g/mol. The average molecular weight is 285 g/mol. The van der Waals surface area contributed by atoms with Gasteiger partial charge in [0.2, 0.25) is 0 Å². The van der Waals surface area contributed by atoms with Gasteiger partial charge in [-0.1, -0.05) is 13.8 Å². The standard InChI is InChI=1S/C13H19NO6/c1-7(2)5-9(10(15)16)14-6-8-11(17)19-13(3,4)20-12(8)18/h6-7,9,14H,5H2,1-4H3,(H,15,16)/t9-/m1/s1. The molecule has 112 valence electrons. The molecule has 0 aromatic rings. The first-order valence-corrected chi connectivity index (χ1v) is 6.28. The summed E-state index contributed by atoms with van der Waals surface area (Å²) in [4.78, 5) is 34.3. The number of carboxylic acids is 1. The van der Waals surface area contributed by atoms with Crippen molar-refractivity contribution < 1.29 is 29.0 Å². The number of nitrogens with one attached hydrogen (secondary N) is 1. The second kappa shape index (κ2) is 5.94. The zero-order chi connectivity index (χ0) is 15.5. The monoisotopic (exact) mass is 285 g/mol. The van der Waals surface area contributed by atoms with Crippen LogP contribution in [0.2, 0.25) is 0 Å². The summed E-state index contributed by atoms with van der Waals surface area (Å²) in [5, 5.41) is 11.6. The first kappa shape index (κ1) is 16.0. The van der Waals surface area contributed by atoms with E-state index < -0.39 is 29.7 Å². The molecular formula is C13H19NO6. The maximum Gasteiger partial charge on any atom is 0.350 e. The number of hydrogen-bond acceptors (Lipinski definition) is 6. The minimum absolute atomic E-state index is 0.145. The Labute approximate surface area is 116 Å². The molecule has 1 aliphatic heterocycles. The summed E-state index contributed by atoms with van der Waals surface area (Å²) in [6.07, 6.45) is 1.40. The minimum atomic E-state index is -1.31. The Morgan fingerprint density at radius 1 is 1.30 bits per heavy atom. The van der Waals surface area contributed by atoms with E-state index in [-0.39, 0.29) is 11.5 Å². The molecule has 0 aromatic heterocycles. The molecule has 0 saturated carbocycles. The van der Waals surface area contributed by atoms with Crippen molar-refractivity contribution in [1.29, 1.82) is 0 Å². The molecule has 1 rings (SSSR count). The fraction of sp³-hybridized carbons (Fsp3) is 0.615. The van der Waals surface area contributed by atoms with Gasteiger partial charge in [0.15, 0.2) is 5.57 Å². The zero-order valence-corrected chi connectivity index (χ0v) is 11.9. The van der Waals surface area contributed by atoms with Gasteiger partial charge in [0.1, 0.15) is 6.04 Å². The third kappa shape index (κ3) is 4.25. The summed E-state index contributed by atoms with van der Waals surface area (Å²) in [5.41, 5.74) is -0.348. The van der Waals surface area contributed by atoms with Gasteiger partial charge in [-0.05, 0) is 12.3 Å². The number of rotatable bonds is 5. The first-order chi connectivity index (χ1) is 9.12. The minimum Gasteiger partial charge on any atom is -0.480 e. The smallest absolute Gasteiger partial charge is 0.350 e. The van der Waals surface area contributed by atoms with Crippen LogP contribution in [0, 0.1) is 5.92 Å². The second-order valence-electron chi connectivity index (χ2n) is 5.42. The molecule has 0 aliphatic carbocycles. The van der Waals surface area contributed by atoms with Gasteiger partial charge in [-0.3, -0.25) is 0 Å². The molecule has 1 heterocycles. The molecule has 0 aromatic carbocycles. The largest absolute Gasteiger partial charge is 0.480 e. The van der Waals surface area contributed by atoms with Crippen LogP contribution < -0.4 is 5.32 Å². The predicted molar refractivity (Wildman–Crippen MR) is 68.4 cm³/mol. The number of ether oxygens (including phenoxy) is 2. The molecule has 0 spiro atoms. The molecule has 20 heavy (non-hydrogen) atoms. The molecule has 1 aliphatic rings. The Morgan fingerprint density at radius 2 is 1.80 bits per heavy atom. The van der Waals surface area contributed by atoms with Crippen LogP contribution in [0.1, 0.15) is 34.1 Å². The highest BCUT2D eigenvalue weighted by Crippen LogP contribution is 2.22. The highest BCUT2D eigenvalue weighted by Gasteiger charge is 2.39. The van der Waals surface area contributed by atoms with E-state index in [1.165, 1.54) is 13.8 Å². The number of carboxylic acid groups (broad SMARTS) is 1. The molecule has 7 nitrogen and oxygen atoms in total. The van der Waals surface area contributed by atoms with Crippen molar-refractivity contribution in [2.75, 3.05) is 0 Å². The van der Waals surface area contributed by atoms with E-state index in [4.69, 9.17) is 14.6 Å². The van der Waals surface area contributed by atoms with Gasteiger partial charge in [-0.15, -0.1) is 0 Å². The van der Waals surface area contributed by atoms with Crippen LogP contribution in [0.5, 0.6) is 0 Å². The summed E-state index contributed by atoms with van der Waals surface area (Å²) < 4.78 is 9.79. The van der Waals surface area contributed by atoms with Crippen molar-refractivity contribution in [3.8, 4) is 0 Å². The Balaban J connectivity index is 2.80. The van der Waals surface area contributed by atoms with Crippen LogP contribution in [-0.4, -0.2) is 34.8 Å². The Bertz CT molecular complexity index is 430. The van der Waals surface area contributed by atoms with Crippen LogP contribution in [0.4, 0.5) is 0 Å². The molecule has 7 heteroatoms. The van der Waals surface area contributed by atoms with Gasteiger partial charge in [-0.2, -0.15) is 0 Å². The summed E-state index contributed by atoms with van der Waals surface area (Å²) in [7, 11) is 0. The fourth-order valence-electron chi connectivity index (χ4n) is 1.67. The van der Waals surface area contributed by atoms with E-state index in [1.54, 1.807) is 0 Å². The predicted octanol–water partition coefficient (Wildman–Crippen LogP) is 0.795. The van der Waals surface area contributed by atoms with E-state index in [1.807, 2.05) is 13.8 Å². The van der Waals surface area contributed by atoms with Crippen LogP contribution >= 0.6 is 0 Å². The molecule has 0 unspecified atom stereocenters. The lowest BCUT2D eigenvalue weighted by Gasteiger charge is -2.29. The summed E-state index contributed by atoms with van der Waals surface area (Å²) in [5.74, 6) is -3.91. The summed E-state index contributed by atoms with van der Waals surface area (Å²) in [6, 6.07) is -0.891. The van der Waals surface area contributed by atoms with E-state index >= 15 is 0 Å². The average Bonchev–Trinajstić information content (AvgIpc) is 2.23. The number of hydrogen-bond donors (Lipinski definition) is 2. The summed E-state index contributed by atoms with van der Waals surface area (Å²) in [6.45, 7) is 6.62. The molecule has 1 fully saturated rings. The van der Waals surface area contributed by atoms with E-state index in [2.05, 4.69) is 5.32 Å². The molecule has 0 amide bonds. The van der Waals surface area contributed by atoms with Gasteiger partial charge >= 0.3 is 17.9 Å². The zero-order valence-electron chi connectivity index (χ0n) is 11.9. The topological polar surface area (TPSA) is 102 Å². The van der Waals surface area contributed by atoms with E-state index in [9.17, 15) is 14.4 Å². The van der Waals surface area contributed by atoms with Gasteiger partial charge < -0.3 is 19.9 Å². The molecule has 0 bridgehead atoms. The fourth-order valence-corrected chi connectivity index (χ4v) is 1.67. The van der Waals surface area contributed by atoms with Crippen LogP contribution in [0.3, 0.4) is 0 Å².